The zero-order valence-electron chi connectivity index (χ0n) is 10.3. The van der Waals surface area contributed by atoms with Gasteiger partial charge in [-0.05, 0) is 46.0 Å². The average Bonchev–Trinajstić information content (AvgIpc) is 2.49. The van der Waals surface area contributed by atoms with Crippen LogP contribution in [0.15, 0.2) is 4.99 Å². The molecule has 16 heavy (non-hydrogen) atoms. The second-order valence-electron chi connectivity index (χ2n) is 5.54. The molecule has 0 bridgehead atoms. The number of hydrogen-bond donors (Lipinski definition) is 2. The highest BCUT2D eigenvalue weighted by molar-refractivity contribution is 5.78. The molecule has 2 fully saturated rings. The second-order valence-corrected chi connectivity index (χ2v) is 5.54. The van der Waals surface area contributed by atoms with E-state index >= 15 is 0 Å². The summed E-state index contributed by atoms with van der Waals surface area (Å²) in [6.45, 7) is 4.95. The summed E-state index contributed by atoms with van der Waals surface area (Å²) in [4.78, 5) is 4.35. The molecule has 2 aliphatic rings. The SMILES string of the molecule is CC1(C)CCC(CN=C(N)NC2CCC2)O1. The van der Waals surface area contributed by atoms with Crippen LogP contribution in [-0.4, -0.2) is 30.3 Å². The molecule has 3 N–H and O–H groups in total. The van der Waals surface area contributed by atoms with Gasteiger partial charge in [0.1, 0.15) is 0 Å². The Morgan fingerprint density at radius 1 is 1.44 bits per heavy atom. The molecule has 4 heteroatoms. The van der Waals surface area contributed by atoms with E-state index in [0.717, 1.165) is 12.8 Å². The maximum Gasteiger partial charge on any atom is 0.188 e. The standard InChI is InChI=1S/C12H23N3O/c1-12(2)7-6-10(16-12)8-14-11(13)15-9-4-3-5-9/h9-10H,3-8H2,1-2H3,(H3,13,14,15). The van der Waals surface area contributed by atoms with Crippen LogP contribution in [0.4, 0.5) is 0 Å². The van der Waals surface area contributed by atoms with Gasteiger partial charge in [-0.15, -0.1) is 0 Å². The van der Waals surface area contributed by atoms with Crippen molar-refractivity contribution < 1.29 is 4.74 Å². The van der Waals surface area contributed by atoms with Crippen LogP contribution in [0.5, 0.6) is 0 Å². The third-order valence-electron chi connectivity index (χ3n) is 3.48. The topological polar surface area (TPSA) is 59.6 Å². The van der Waals surface area contributed by atoms with Gasteiger partial charge in [-0.1, -0.05) is 0 Å². The molecule has 0 aromatic heterocycles. The first-order valence-electron chi connectivity index (χ1n) is 6.29. The Balaban J connectivity index is 1.71. The lowest BCUT2D eigenvalue weighted by Gasteiger charge is -2.26. The summed E-state index contributed by atoms with van der Waals surface area (Å²) in [7, 11) is 0. The minimum atomic E-state index is 0.0242. The second kappa shape index (κ2) is 4.62. The average molecular weight is 225 g/mol. The van der Waals surface area contributed by atoms with Crippen molar-refractivity contribution in [2.75, 3.05) is 6.54 Å². The fourth-order valence-electron chi connectivity index (χ4n) is 2.21. The maximum absolute atomic E-state index is 5.85. The zero-order chi connectivity index (χ0) is 11.6. The predicted octanol–water partition coefficient (Wildman–Crippen LogP) is 1.40. The van der Waals surface area contributed by atoms with E-state index < -0.39 is 0 Å². The molecule has 4 nitrogen and oxygen atoms in total. The molecule has 1 unspecified atom stereocenters. The van der Waals surface area contributed by atoms with Crippen LogP contribution in [0.2, 0.25) is 0 Å². The Hall–Kier alpha value is -0.770. The van der Waals surface area contributed by atoms with Crippen molar-refractivity contribution in [1.29, 1.82) is 0 Å². The highest BCUT2D eigenvalue weighted by Gasteiger charge is 2.31. The summed E-state index contributed by atoms with van der Waals surface area (Å²) in [5.41, 5.74) is 5.84. The summed E-state index contributed by atoms with van der Waals surface area (Å²) in [5, 5.41) is 3.23. The van der Waals surface area contributed by atoms with E-state index in [0.29, 0.717) is 18.5 Å². The van der Waals surface area contributed by atoms with Gasteiger partial charge in [-0.2, -0.15) is 0 Å². The number of hydrogen-bond acceptors (Lipinski definition) is 2. The Kier molecular flexibility index (Phi) is 3.38. The highest BCUT2D eigenvalue weighted by atomic mass is 16.5. The largest absolute Gasteiger partial charge is 0.370 e. The number of aliphatic imine (C=N–C) groups is 1. The monoisotopic (exact) mass is 225 g/mol. The minimum Gasteiger partial charge on any atom is -0.370 e. The Labute approximate surface area is 97.6 Å². The van der Waals surface area contributed by atoms with Crippen molar-refractivity contribution in [2.45, 2.75) is 63.7 Å². The van der Waals surface area contributed by atoms with E-state index in [1.54, 1.807) is 0 Å². The predicted molar refractivity (Wildman–Crippen MR) is 65.5 cm³/mol. The first kappa shape index (κ1) is 11.7. The van der Waals surface area contributed by atoms with Crippen LogP contribution in [-0.2, 0) is 4.74 Å². The Morgan fingerprint density at radius 2 is 2.19 bits per heavy atom. The molecule has 0 amide bonds. The third-order valence-corrected chi connectivity index (χ3v) is 3.48. The van der Waals surface area contributed by atoms with E-state index in [1.165, 1.54) is 19.3 Å². The quantitative estimate of drug-likeness (QED) is 0.564. The molecule has 0 spiro atoms. The fourth-order valence-corrected chi connectivity index (χ4v) is 2.21. The molecule has 92 valence electrons. The summed E-state index contributed by atoms with van der Waals surface area (Å²) in [6.07, 6.45) is 6.21. The van der Waals surface area contributed by atoms with Crippen LogP contribution >= 0.6 is 0 Å². The van der Waals surface area contributed by atoms with Gasteiger partial charge in [-0.3, -0.25) is 4.99 Å². The van der Waals surface area contributed by atoms with Crippen LogP contribution in [0, 0.1) is 0 Å². The zero-order valence-corrected chi connectivity index (χ0v) is 10.3. The van der Waals surface area contributed by atoms with E-state index in [2.05, 4.69) is 24.2 Å². The Morgan fingerprint density at radius 3 is 2.69 bits per heavy atom. The summed E-state index contributed by atoms with van der Waals surface area (Å²) >= 11 is 0. The van der Waals surface area contributed by atoms with Crippen LogP contribution in [0.3, 0.4) is 0 Å². The molecule has 1 heterocycles. The van der Waals surface area contributed by atoms with Crippen molar-refractivity contribution in [1.82, 2.24) is 5.32 Å². The van der Waals surface area contributed by atoms with Gasteiger partial charge in [0.05, 0.1) is 18.2 Å². The molecule has 1 aliphatic heterocycles. The van der Waals surface area contributed by atoms with E-state index in [1.807, 2.05) is 0 Å². The lowest BCUT2D eigenvalue weighted by molar-refractivity contribution is -0.0106. The number of nitrogens with two attached hydrogens (primary N) is 1. The van der Waals surface area contributed by atoms with Crippen LogP contribution in [0.25, 0.3) is 0 Å². The van der Waals surface area contributed by atoms with Crippen molar-refractivity contribution in [2.24, 2.45) is 10.7 Å². The molecule has 2 rings (SSSR count). The summed E-state index contributed by atoms with van der Waals surface area (Å²) in [5.74, 6) is 0.581. The lowest BCUT2D eigenvalue weighted by Crippen LogP contribution is -2.44. The van der Waals surface area contributed by atoms with E-state index in [9.17, 15) is 0 Å². The molecule has 1 atom stereocenters. The molecule has 1 saturated heterocycles. The first-order chi connectivity index (χ1) is 7.55. The molecule has 0 aromatic carbocycles. The van der Waals surface area contributed by atoms with Crippen molar-refractivity contribution in [3.63, 3.8) is 0 Å². The van der Waals surface area contributed by atoms with Gasteiger partial charge < -0.3 is 15.8 Å². The van der Waals surface area contributed by atoms with Crippen LogP contribution < -0.4 is 11.1 Å². The van der Waals surface area contributed by atoms with Gasteiger partial charge >= 0.3 is 0 Å². The van der Waals surface area contributed by atoms with E-state index in [4.69, 9.17) is 10.5 Å². The molecular formula is C12H23N3O. The van der Waals surface area contributed by atoms with Gasteiger partial charge in [0, 0.05) is 6.04 Å². The van der Waals surface area contributed by atoms with Crippen molar-refractivity contribution >= 4 is 5.96 Å². The van der Waals surface area contributed by atoms with Crippen LogP contribution in [0.1, 0.15) is 46.0 Å². The van der Waals surface area contributed by atoms with Gasteiger partial charge in [0.2, 0.25) is 0 Å². The smallest absolute Gasteiger partial charge is 0.188 e. The fraction of sp³-hybridized carbons (Fsp3) is 0.917. The molecule has 0 aromatic rings. The number of nitrogens with one attached hydrogen (secondary N) is 1. The number of guanidine groups is 1. The maximum atomic E-state index is 5.85. The van der Waals surface area contributed by atoms with Crippen molar-refractivity contribution in [3.05, 3.63) is 0 Å². The molecule has 1 saturated carbocycles. The Bertz CT molecular complexity index is 271. The third kappa shape index (κ3) is 3.11. The van der Waals surface area contributed by atoms with Gasteiger partial charge in [0.15, 0.2) is 5.96 Å². The molecular weight excluding hydrogens is 202 g/mol. The normalized spacial score (nSPS) is 30.1. The number of nitrogens with zero attached hydrogens (tertiary/aromatic N) is 1. The molecule has 1 aliphatic carbocycles. The highest BCUT2D eigenvalue weighted by Crippen LogP contribution is 2.29. The first-order valence-corrected chi connectivity index (χ1v) is 6.29. The number of ether oxygens (including phenoxy) is 1. The van der Waals surface area contributed by atoms with Gasteiger partial charge in [0.25, 0.3) is 0 Å². The summed E-state index contributed by atoms with van der Waals surface area (Å²) < 4.78 is 5.85. The van der Waals surface area contributed by atoms with Gasteiger partial charge in [-0.25, -0.2) is 0 Å². The molecule has 0 radical (unpaired) electrons. The minimum absolute atomic E-state index is 0.0242. The number of rotatable bonds is 3. The van der Waals surface area contributed by atoms with Crippen molar-refractivity contribution in [3.8, 4) is 0 Å². The summed E-state index contributed by atoms with van der Waals surface area (Å²) in [6, 6.07) is 0.560. The van der Waals surface area contributed by atoms with E-state index in [-0.39, 0.29) is 11.7 Å². The lowest BCUT2D eigenvalue weighted by atomic mass is 9.93.